The maximum absolute atomic E-state index is 13.9. The zero-order valence-electron chi connectivity index (χ0n) is 13.4. The van der Waals surface area contributed by atoms with Crippen molar-refractivity contribution in [2.24, 2.45) is 0 Å². The molecule has 0 aliphatic rings. The number of rotatable bonds is 4. The van der Waals surface area contributed by atoms with Gasteiger partial charge in [0.15, 0.2) is 0 Å². The van der Waals surface area contributed by atoms with Crippen molar-refractivity contribution in [3.05, 3.63) is 59.4 Å². The average Bonchev–Trinajstić information content (AvgIpc) is 2.50. The molecule has 0 heterocycles. The van der Waals surface area contributed by atoms with Crippen molar-refractivity contribution in [2.75, 3.05) is 16.8 Å². The van der Waals surface area contributed by atoms with Crippen LogP contribution in [0.15, 0.2) is 42.5 Å². The molecule has 0 unspecified atom stereocenters. The maximum atomic E-state index is 13.9. The molecule has 23 heavy (non-hydrogen) atoms. The summed E-state index contributed by atoms with van der Waals surface area (Å²) < 4.78 is 13.9. The Morgan fingerprint density at radius 1 is 1.09 bits per heavy atom. The fourth-order valence-electron chi connectivity index (χ4n) is 2.26. The summed E-state index contributed by atoms with van der Waals surface area (Å²) in [7, 11) is 0. The van der Waals surface area contributed by atoms with Crippen LogP contribution in [0.4, 0.5) is 15.8 Å². The first kappa shape index (κ1) is 16.7. The zero-order chi connectivity index (χ0) is 17.0. The second-order valence-corrected chi connectivity index (χ2v) is 5.35. The minimum absolute atomic E-state index is 0.0936. The number of carbonyl (C=O) groups is 2. The van der Waals surface area contributed by atoms with Crippen LogP contribution >= 0.6 is 0 Å². The number of hydrogen-bond donors (Lipinski definition) is 1. The van der Waals surface area contributed by atoms with Gasteiger partial charge in [-0.15, -0.1) is 0 Å². The number of benzene rings is 2. The number of aryl methyl sites for hydroxylation is 1. The van der Waals surface area contributed by atoms with Crippen molar-refractivity contribution >= 4 is 23.2 Å². The van der Waals surface area contributed by atoms with E-state index >= 15 is 0 Å². The van der Waals surface area contributed by atoms with Gasteiger partial charge in [0.05, 0.1) is 5.69 Å². The number of halogens is 1. The second kappa shape index (κ2) is 7.05. The monoisotopic (exact) mass is 314 g/mol. The lowest BCUT2D eigenvalue weighted by Gasteiger charge is -2.21. The van der Waals surface area contributed by atoms with Gasteiger partial charge in [0, 0.05) is 12.6 Å². The van der Waals surface area contributed by atoms with Crippen LogP contribution in [0.3, 0.4) is 0 Å². The molecule has 1 N–H and O–H groups in total. The van der Waals surface area contributed by atoms with Gasteiger partial charge in [-0.05, 0) is 43.2 Å². The minimum atomic E-state index is -0.540. The molecule has 2 amide bonds. The molecule has 5 heteroatoms. The molecule has 0 aromatic heterocycles. The highest BCUT2D eigenvalue weighted by atomic mass is 19.1. The van der Waals surface area contributed by atoms with Gasteiger partial charge in [-0.2, -0.15) is 0 Å². The Kier molecular flexibility index (Phi) is 5.11. The highest BCUT2D eigenvalue weighted by Crippen LogP contribution is 2.20. The summed E-state index contributed by atoms with van der Waals surface area (Å²) in [5, 5.41) is 2.77. The van der Waals surface area contributed by atoms with Crippen molar-refractivity contribution in [1.82, 2.24) is 0 Å². The van der Waals surface area contributed by atoms with Crippen LogP contribution in [0.1, 0.15) is 18.1 Å². The van der Waals surface area contributed by atoms with E-state index in [0.717, 1.165) is 16.0 Å². The molecule has 0 aliphatic carbocycles. The Balaban J connectivity index is 2.18. The molecule has 2 rings (SSSR count). The molecule has 0 aliphatic heterocycles. The summed E-state index contributed by atoms with van der Waals surface area (Å²) in [4.78, 5) is 25.2. The first-order chi connectivity index (χ1) is 10.9. The number of hydrogen-bond acceptors (Lipinski definition) is 2. The molecule has 4 nitrogen and oxygen atoms in total. The molecule has 120 valence electrons. The van der Waals surface area contributed by atoms with Gasteiger partial charge < -0.3 is 10.2 Å². The normalized spacial score (nSPS) is 10.3. The molecular weight excluding hydrogens is 295 g/mol. The lowest BCUT2D eigenvalue weighted by Crippen LogP contribution is -2.37. The van der Waals surface area contributed by atoms with Crippen LogP contribution < -0.4 is 10.2 Å². The van der Waals surface area contributed by atoms with E-state index in [1.54, 1.807) is 12.1 Å². The number of amides is 2. The van der Waals surface area contributed by atoms with Gasteiger partial charge in [-0.3, -0.25) is 9.59 Å². The number of carbonyl (C=O) groups excluding carboxylic acids is 2. The first-order valence-corrected chi connectivity index (χ1v) is 7.29. The quantitative estimate of drug-likeness (QED) is 0.940. The molecule has 0 saturated carbocycles. The Bertz CT molecular complexity index is 744. The molecule has 2 aromatic carbocycles. The topological polar surface area (TPSA) is 49.4 Å². The third-order valence-electron chi connectivity index (χ3n) is 3.70. The Hall–Kier alpha value is -2.69. The van der Waals surface area contributed by atoms with E-state index < -0.39 is 11.7 Å². The smallest absolute Gasteiger partial charge is 0.244 e. The molecule has 2 aromatic rings. The average molecular weight is 314 g/mol. The SMILES string of the molecule is CC(=O)N(CC(=O)Nc1cccc(C)c1C)c1ccccc1F. The molecular formula is C18H19FN2O2. The minimum Gasteiger partial charge on any atom is -0.324 e. The highest BCUT2D eigenvalue weighted by molar-refractivity contribution is 6.02. The lowest BCUT2D eigenvalue weighted by atomic mass is 10.1. The summed E-state index contributed by atoms with van der Waals surface area (Å²) in [6, 6.07) is 11.5. The number of nitrogens with zero attached hydrogens (tertiary/aromatic N) is 1. The second-order valence-electron chi connectivity index (χ2n) is 5.35. The summed E-state index contributed by atoms with van der Waals surface area (Å²) in [6.45, 7) is 4.91. The van der Waals surface area contributed by atoms with E-state index in [1.807, 2.05) is 26.0 Å². The third-order valence-corrected chi connectivity index (χ3v) is 3.70. The standard InChI is InChI=1S/C18H19FN2O2/c1-12-7-6-9-16(13(12)2)20-18(23)11-21(14(3)22)17-10-5-4-8-15(17)19/h4-10H,11H2,1-3H3,(H,20,23). The van der Waals surface area contributed by atoms with E-state index in [1.165, 1.54) is 25.1 Å². The number of anilines is 2. The van der Waals surface area contributed by atoms with Crippen molar-refractivity contribution < 1.29 is 14.0 Å². The van der Waals surface area contributed by atoms with Gasteiger partial charge in [0.25, 0.3) is 0 Å². The molecule has 0 fully saturated rings. The van der Waals surface area contributed by atoms with Crippen molar-refractivity contribution in [2.45, 2.75) is 20.8 Å². The van der Waals surface area contributed by atoms with Crippen molar-refractivity contribution in [3.63, 3.8) is 0 Å². The van der Waals surface area contributed by atoms with Gasteiger partial charge >= 0.3 is 0 Å². The Morgan fingerprint density at radius 2 is 1.78 bits per heavy atom. The fraction of sp³-hybridized carbons (Fsp3) is 0.222. The van der Waals surface area contributed by atoms with E-state index in [4.69, 9.17) is 0 Å². The van der Waals surface area contributed by atoms with Crippen LogP contribution in [-0.2, 0) is 9.59 Å². The molecule has 0 atom stereocenters. The van der Waals surface area contributed by atoms with Crippen LogP contribution in [-0.4, -0.2) is 18.4 Å². The van der Waals surface area contributed by atoms with Gasteiger partial charge in [0.2, 0.25) is 11.8 Å². The largest absolute Gasteiger partial charge is 0.324 e. The predicted octanol–water partition coefficient (Wildman–Crippen LogP) is 3.43. The number of nitrogens with one attached hydrogen (secondary N) is 1. The fourth-order valence-corrected chi connectivity index (χ4v) is 2.26. The van der Waals surface area contributed by atoms with Crippen LogP contribution in [0.25, 0.3) is 0 Å². The predicted molar refractivity (Wildman–Crippen MR) is 89.0 cm³/mol. The lowest BCUT2D eigenvalue weighted by molar-refractivity contribution is -0.120. The Morgan fingerprint density at radius 3 is 2.43 bits per heavy atom. The molecule has 0 radical (unpaired) electrons. The molecule has 0 bridgehead atoms. The van der Waals surface area contributed by atoms with Crippen LogP contribution in [0, 0.1) is 19.7 Å². The summed E-state index contributed by atoms with van der Waals surface area (Å²) in [5.74, 6) is -1.31. The zero-order valence-corrected chi connectivity index (χ0v) is 13.4. The van der Waals surface area contributed by atoms with Crippen molar-refractivity contribution in [1.29, 1.82) is 0 Å². The van der Waals surface area contributed by atoms with Gasteiger partial charge in [-0.1, -0.05) is 24.3 Å². The van der Waals surface area contributed by atoms with Gasteiger partial charge in [-0.25, -0.2) is 4.39 Å². The van der Waals surface area contributed by atoms with Crippen LogP contribution in [0.2, 0.25) is 0 Å². The third kappa shape index (κ3) is 3.94. The van der Waals surface area contributed by atoms with E-state index in [9.17, 15) is 14.0 Å². The van der Waals surface area contributed by atoms with Crippen LogP contribution in [0.5, 0.6) is 0 Å². The molecule has 0 spiro atoms. The van der Waals surface area contributed by atoms with E-state index in [0.29, 0.717) is 5.69 Å². The first-order valence-electron chi connectivity index (χ1n) is 7.29. The van der Waals surface area contributed by atoms with E-state index in [2.05, 4.69) is 5.32 Å². The van der Waals surface area contributed by atoms with Crippen molar-refractivity contribution in [3.8, 4) is 0 Å². The summed E-state index contributed by atoms with van der Waals surface area (Å²) >= 11 is 0. The number of para-hydroxylation sites is 1. The summed E-state index contributed by atoms with van der Waals surface area (Å²) in [6.07, 6.45) is 0. The van der Waals surface area contributed by atoms with E-state index in [-0.39, 0.29) is 18.1 Å². The molecule has 0 saturated heterocycles. The highest BCUT2D eigenvalue weighted by Gasteiger charge is 2.19. The van der Waals surface area contributed by atoms with Gasteiger partial charge in [0.1, 0.15) is 12.4 Å². The Labute approximate surface area is 134 Å². The summed E-state index contributed by atoms with van der Waals surface area (Å²) in [5.41, 5.74) is 2.80. The maximum Gasteiger partial charge on any atom is 0.244 e.